The first-order valence-electron chi connectivity index (χ1n) is 9.55. The predicted octanol–water partition coefficient (Wildman–Crippen LogP) is 4.72. The van der Waals surface area contributed by atoms with Gasteiger partial charge in [0, 0.05) is 25.8 Å². The van der Waals surface area contributed by atoms with Crippen LogP contribution >= 0.6 is 0 Å². The van der Waals surface area contributed by atoms with E-state index >= 15 is 0 Å². The molecule has 0 bridgehead atoms. The molecule has 0 aliphatic rings. The van der Waals surface area contributed by atoms with Gasteiger partial charge in [-0.2, -0.15) is 0 Å². The summed E-state index contributed by atoms with van der Waals surface area (Å²) >= 11 is 0. The summed E-state index contributed by atoms with van der Waals surface area (Å²) in [4.78, 5) is 4.58. The first-order chi connectivity index (χ1) is 13.8. The molecular formula is C23H27N3O2. The molecule has 0 spiro atoms. The van der Waals surface area contributed by atoms with Gasteiger partial charge in [0.15, 0.2) is 0 Å². The lowest BCUT2D eigenvalue weighted by molar-refractivity contribution is 0.188. The van der Waals surface area contributed by atoms with Crippen molar-refractivity contribution in [2.24, 2.45) is 0 Å². The highest BCUT2D eigenvalue weighted by molar-refractivity contribution is 5.62. The van der Waals surface area contributed by atoms with E-state index in [1.54, 1.807) is 7.11 Å². The van der Waals surface area contributed by atoms with Crippen LogP contribution in [-0.2, 0) is 11.3 Å². The number of anilines is 1. The largest absolute Gasteiger partial charge is 0.494 e. The fourth-order valence-corrected chi connectivity index (χ4v) is 2.95. The Morgan fingerprint density at radius 1 is 1.07 bits per heavy atom. The van der Waals surface area contributed by atoms with Crippen molar-refractivity contribution in [1.29, 1.82) is 0 Å². The zero-order chi connectivity index (χ0) is 19.6. The topological polar surface area (TPSA) is 48.3 Å². The molecule has 0 fully saturated rings. The second-order valence-electron chi connectivity index (χ2n) is 6.26. The molecule has 1 heterocycles. The standard InChI is InChI=1S/C23H27N3O2/c1-3-28-21-13-11-20(12-14-21)22-18-25-23(26(22)16-17-27-2)24-15-7-10-19-8-5-4-6-9-19/h4-14,18H,3,15-17H2,1-2H3,(H,24,25)/b10-7+. The minimum atomic E-state index is 0.620. The predicted molar refractivity (Wildman–Crippen MR) is 115 cm³/mol. The second kappa shape index (κ2) is 10.3. The fraction of sp³-hybridized carbons (Fsp3) is 0.261. The lowest BCUT2D eigenvalue weighted by Crippen LogP contribution is -2.11. The molecule has 1 aromatic heterocycles. The molecule has 1 N–H and O–H groups in total. The number of imidazole rings is 1. The van der Waals surface area contributed by atoms with Crippen molar-refractivity contribution < 1.29 is 9.47 Å². The average Bonchev–Trinajstić information content (AvgIpc) is 3.14. The number of methoxy groups -OCH3 is 1. The molecular weight excluding hydrogens is 350 g/mol. The van der Waals surface area contributed by atoms with Crippen molar-refractivity contribution in [3.05, 3.63) is 72.4 Å². The van der Waals surface area contributed by atoms with Gasteiger partial charge in [-0.15, -0.1) is 0 Å². The summed E-state index contributed by atoms with van der Waals surface area (Å²) in [5.41, 5.74) is 3.33. The van der Waals surface area contributed by atoms with Crippen molar-refractivity contribution >= 4 is 12.0 Å². The number of hydrogen-bond acceptors (Lipinski definition) is 4. The highest BCUT2D eigenvalue weighted by atomic mass is 16.5. The summed E-state index contributed by atoms with van der Waals surface area (Å²) in [6.45, 7) is 4.69. The summed E-state index contributed by atoms with van der Waals surface area (Å²) in [5, 5.41) is 3.40. The van der Waals surface area contributed by atoms with Crippen molar-refractivity contribution in [2.45, 2.75) is 13.5 Å². The molecule has 3 aromatic rings. The molecule has 5 nitrogen and oxygen atoms in total. The van der Waals surface area contributed by atoms with E-state index in [0.717, 1.165) is 29.5 Å². The Balaban J connectivity index is 1.73. The monoisotopic (exact) mass is 377 g/mol. The van der Waals surface area contributed by atoms with Crippen molar-refractivity contribution in [1.82, 2.24) is 9.55 Å². The summed E-state index contributed by atoms with van der Waals surface area (Å²) in [5.74, 6) is 1.71. The van der Waals surface area contributed by atoms with Gasteiger partial charge >= 0.3 is 0 Å². The Labute approximate surface area is 166 Å². The molecule has 3 rings (SSSR count). The minimum absolute atomic E-state index is 0.620. The van der Waals surface area contributed by atoms with Crippen molar-refractivity contribution in [3.63, 3.8) is 0 Å². The Kier molecular flexibility index (Phi) is 7.27. The van der Waals surface area contributed by atoms with Crippen LogP contribution in [0.3, 0.4) is 0 Å². The summed E-state index contributed by atoms with van der Waals surface area (Å²) < 4.78 is 13.0. The Hall–Kier alpha value is -3.05. The lowest BCUT2D eigenvalue weighted by Gasteiger charge is -2.12. The van der Waals surface area contributed by atoms with Crippen LogP contribution in [0.25, 0.3) is 17.3 Å². The van der Waals surface area contributed by atoms with Crippen LogP contribution in [0, 0.1) is 0 Å². The first kappa shape index (κ1) is 19.7. The molecule has 5 heteroatoms. The molecule has 0 unspecified atom stereocenters. The van der Waals surface area contributed by atoms with Gasteiger partial charge in [0.25, 0.3) is 0 Å². The minimum Gasteiger partial charge on any atom is -0.494 e. The van der Waals surface area contributed by atoms with E-state index in [9.17, 15) is 0 Å². The molecule has 0 amide bonds. The first-order valence-corrected chi connectivity index (χ1v) is 9.55. The lowest BCUT2D eigenvalue weighted by atomic mass is 10.1. The average molecular weight is 377 g/mol. The Morgan fingerprint density at radius 2 is 1.86 bits per heavy atom. The van der Waals surface area contributed by atoms with E-state index in [2.05, 4.69) is 51.3 Å². The maximum atomic E-state index is 5.54. The molecule has 0 radical (unpaired) electrons. The van der Waals surface area contributed by atoms with Gasteiger partial charge in [0.05, 0.1) is 25.1 Å². The van der Waals surface area contributed by atoms with E-state index in [-0.39, 0.29) is 0 Å². The van der Waals surface area contributed by atoms with Gasteiger partial charge in [-0.3, -0.25) is 0 Å². The van der Waals surface area contributed by atoms with Gasteiger partial charge in [0.1, 0.15) is 5.75 Å². The van der Waals surface area contributed by atoms with E-state index in [1.165, 1.54) is 5.56 Å². The van der Waals surface area contributed by atoms with Crippen LogP contribution in [0.4, 0.5) is 5.95 Å². The molecule has 146 valence electrons. The van der Waals surface area contributed by atoms with Gasteiger partial charge < -0.3 is 19.4 Å². The Morgan fingerprint density at radius 3 is 2.57 bits per heavy atom. The van der Waals surface area contributed by atoms with Crippen LogP contribution in [0.1, 0.15) is 12.5 Å². The van der Waals surface area contributed by atoms with E-state index in [1.807, 2.05) is 43.5 Å². The molecule has 0 saturated heterocycles. The maximum Gasteiger partial charge on any atom is 0.203 e. The van der Waals surface area contributed by atoms with Gasteiger partial charge in [-0.1, -0.05) is 42.5 Å². The molecule has 28 heavy (non-hydrogen) atoms. The number of ether oxygens (including phenoxy) is 2. The third kappa shape index (κ3) is 5.24. The number of benzene rings is 2. The van der Waals surface area contributed by atoms with Crippen LogP contribution in [0.2, 0.25) is 0 Å². The number of hydrogen-bond donors (Lipinski definition) is 1. The van der Waals surface area contributed by atoms with Gasteiger partial charge in [0.2, 0.25) is 5.95 Å². The molecule has 2 aromatic carbocycles. The van der Waals surface area contributed by atoms with Crippen LogP contribution < -0.4 is 10.1 Å². The highest BCUT2D eigenvalue weighted by Gasteiger charge is 2.11. The number of rotatable bonds is 10. The normalized spacial score (nSPS) is 11.1. The van der Waals surface area contributed by atoms with Crippen LogP contribution in [-0.4, -0.2) is 36.4 Å². The Bertz CT molecular complexity index is 871. The smallest absolute Gasteiger partial charge is 0.203 e. The summed E-state index contributed by atoms with van der Waals surface area (Å²) in [7, 11) is 1.71. The second-order valence-corrected chi connectivity index (χ2v) is 6.26. The molecule has 0 saturated carbocycles. The molecule has 0 aliphatic carbocycles. The number of aromatic nitrogens is 2. The summed E-state index contributed by atoms with van der Waals surface area (Å²) in [6.07, 6.45) is 6.10. The summed E-state index contributed by atoms with van der Waals surface area (Å²) in [6, 6.07) is 18.4. The van der Waals surface area contributed by atoms with E-state index < -0.39 is 0 Å². The number of nitrogens with zero attached hydrogens (tertiary/aromatic N) is 2. The third-order valence-corrected chi connectivity index (χ3v) is 4.32. The zero-order valence-electron chi connectivity index (χ0n) is 16.5. The van der Waals surface area contributed by atoms with Crippen molar-refractivity contribution in [2.75, 3.05) is 32.2 Å². The quantitative estimate of drug-likeness (QED) is 0.555. The molecule has 0 aliphatic heterocycles. The van der Waals surface area contributed by atoms with Crippen LogP contribution in [0.15, 0.2) is 66.9 Å². The van der Waals surface area contributed by atoms with Crippen LogP contribution in [0.5, 0.6) is 5.75 Å². The maximum absolute atomic E-state index is 5.54. The number of nitrogens with one attached hydrogen (secondary N) is 1. The third-order valence-electron chi connectivity index (χ3n) is 4.32. The van der Waals surface area contributed by atoms with E-state index in [0.29, 0.717) is 19.8 Å². The van der Waals surface area contributed by atoms with Gasteiger partial charge in [-0.25, -0.2) is 4.98 Å². The van der Waals surface area contributed by atoms with Crippen molar-refractivity contribution in [3.8, 4) is 17.0 Å². The zero-order valence-corrected chi connectivity index (χ0v) is 16.5. The molecule has 0 atom stereocenters. The van der Waals surface area contributed by atoms with E-state index in [4.69, 9.17) is 9.47 Å². The highest BCUT2D eigenvalue weighted by Crippen LogP contribution is 2.25. The fourth-order valence-electron chi connectivity index (χ4n) is 2.95. The SMILES string of the molecule is CCOc1ccc(-c2cnc(NC/C=C/c3ccccc3)n2CCOC)cc1. The van der Waals surface area contributed by atoms with Gasteiger partial charge in [-0.05, 0) is 36.8 Å².